The van der Waals surface area contributed by atoms with Crippen molar-refractivity contribution in [2.45, 2.75) is 13.8 Å². The first-order valence-corrected chi connectivity index (χ1v) is 5.40. The number of benzene rings is 2. The zero-order valence-corrected chi connectivity index (χ0v) is 9.12. The standard InChI is InChI=1S/C12H9N.C2H6.H2/c1-3-7-11-9(5-1)10-6-2-4-8-12(10)13-11;1-2;/h1-8,13H;1-2H3;1H. The van der Waals surface area contributed by atoms with Gasteiger partial charge in [0.2, 0.25) is 0 Å². The normalized spacial score (nSPS) is 10.0. The van der Waals surface area contributed by atoms with Gasteiger partial charge in [0.05, 0.1) is 0 Å². The van der Waals surface area contributed by atoms with E-state index in [9.17, 15) is 0 Å². The van der Waals surface area contributed by atoms with Crippen LogP contribution < -0.4 is 0 Å². The quantitative estimate of drug-likeness (QED) is 0.545. The molecule has 15 heavy (non-hydrogen) atoms. The molecule has 1 aromatic heterocycles. The largest absolute Gasteiger partial charge is 0.355 e. The van der Waals surface area contributed by atoms with Crippen LogP contribution in [0.4, 0.5) is 0 Å². The van der Waals surface area contributed by atoms with Gasteiger partial charge < -0.3 is 4.98 Å². The van der Waals surface area contributed by atoms with Crippen LogP contribution >= 0.6 is 0 Å². The Bertz CT molecular complexity index is 518. The topological polar surface area (TPSA) is 15.8 Å². The number of nitrogens with one attached hydrogen (secondary N) is 1. The van der Waals surface area contributed by atoms with Crippen LogP contribution in [0.1, 0.15) is 15.3 Å². The van der Waals surface area contributed by atoms with Crippen molar-refractivity contribution >= 4 is 21.8 Å². The molecule has 78 valence electrons. The predicted molar refractivity (Wildman–Crippen MR) is 69.3 cm³/mol. The smallest absolute Gasteiger partial charge is 0.0464 e. The van der Waals surface area contributed by atoms with Gasteiger partial charge in [-0.3, -0.25) is 0 Å². The molecule has 0 radical (unpaired) electrons. The molecule has 3 aromatic rings. The first-order valence-electron chi connectivity index (χ1n) is 5.40. The molecule has 0 fully saturated rings. The Hall–Kier alpha value is -1.76. The number of para-hydroxylation sites is 2. The average molecular weight is 199 g/mol. The van der Waals surface area contributed by atoms with Crippen molar-refractivity contribution in [3.8, 4) is 0 Å². The van der Waals surface area contributed by atoms with Crippen LogP contribution in [0.2, 0.25) is 0 Å². The highest BCUT2D eigenvalue weighted by atomic mass is 14.7. The first kappa shape index (κ1) is 9.78. The molecule has 0 unspecified atom stereocenters. The van der Waals surface area contributed by atoms with Crippen molar-refractivity contribution in [2.75, 3.05) is 0 Å². The molecule has 0 spiro atoms. The number of aromatic amines is 1. The summed E-state index contributed by atoms with van der Waals surface area (Å²) >= 11 is 0. The van der Waals surface area contributed by atoms with Gasteiger partial charge in [-0.15, -0.1) is 0 Å². The number of hydrogen-bond donors (Lipinski definition) is 1. The summed E-state index contributed by atoms with van der Waals surface area (Å²) in [5, 5.41) is 2.61. The lowest BCUT2D eigenvalue weighted by atomic mass is 10.2. The molecule has 3 rings (SSSR count). The summed E-state index contributed by atoms with van der Waals surface area (Å²) in [5.41, 5.74) is 2.42. The summed E-state index contributed by atoms with van der Waals surface area (Å²) in [6, 6.07) is 16.8. The zero-order chi connectivity index (χ0) is 10.7. The van der Waals surface area contributed by atoms with E-state index in [0.717, 1.165) is 0 Å². The number of hydrogen-bond acceptors (Lipinski definition) is 0. The van der Waals surface area contributed by atoms with Crippen LogP contribution in [0.5, 0.6) is 0 Å². The summed E-state index contributed by atoms with van der Waals surface area (Å²) in [7, 11) is 0. The van der Waals surface area contributed by atoms with Crippen molar-refractivity contribution in [1.29, 1.82) is 0 Å². The molecule has 0 aliphatic heterocycles. The van der Waals surface area contributed by atoms with Gasteiger partial charge in [-0.1, -0.05) is 50.2 Å². The second kappa shape index (κ2) is 4.18. The van der Waals surface area contributed by atoms with Crippen molar-refractivity contribution < 1.29 is 1.43 Å². The lowest BCUT2D eigenvalue weighted by Gasteiger charge is -1.87. The fourth-order valence-corrected chi connectivity index (χ4v) is 1.80. The van der Waals surface area contributed by atoms with Crippen LogP contribution in [0.15, 0.2) is 48.5 Å². The van der Waals surface area contributed by atoms with Gasteiger partial charge in [-0.2, -0.15) is 0 Å². The number of rotatable bonds is 0. The third-order valence-corrected chi connectivity index (χ3v) is 2.41. The molecule has 0 saturated heterocycles. The first-order chi connectivity index (χ1) is 7.45. The molecule has 0 atom stereocenters. The van der Waals surface area contributed by atoms with Gasteiger partial charge in [-0.05, 0) is 12.1 Å². The maximum atomic E-state index is 3.38. The number of H-pyrrole nitrogens is 1. The highest BCUT2D eigenvalue weighted by Crippen LogP contribution is 2.24. The van der Waals surface area contributed by atoms with Gasteiger partial charge in [0.25, 0.3) is 0 Å². The van der Waals surface area contributed by atoms with Gasteiger partial charge >= 0.3 is 0 Å². The Morgan fingerprint density at radius 2 is 1.13 bits per heavy atom. The Balaban J connectivity index is 0.000000406. The molecule has 1 N–H and O–H groups in total. The highest BCUT2D eigenvalue weighted by molar-refractivity contribution is 6.06. The number of fused-ring (bicyclic) bond motifs is 3. The SMILES string of the molecule is CC.[HH].c1ccc2c(c1)[nH]c1ccccc12. The molecule has 2 aromatic carbocycles. The predicted octanol–water partition coefficient (Wildman–Crippen LogP) is 4.59. The minimum atomic E-state index is 0. The highest BCUT2D eigenvalue weighted by Gasteiger charge is 2.00. The Labute approximate surface area is 91.2 Å². The summed E-state index contributed by atoms with van der Waals surface area (Å²) in [6.45, 7) is 4.00. The molecule has 0 amide bonds. The van der Waals surface area contributed by atoms with E-state index in [4.69, 9.17) is 0 Å². The van der Waals surface area contributed by atoms with Crippen LogP contribution in [0.25, 0.3) is 21.8 Å². The molecule has 0 aliphatic carbocycles. The lowest BCUT2D eigenvalue weighted by Crippen LogP contribution is -1.62. The minimum Gasteiger partial charge on any atom is -0.355 e. The Morgan fingerprint density at radius 1 is 0.733 bits per heavy atom. The molecule has 1 heteroatoms. The van der Waals surface area contributed by atoms with Crippen LogP contribution in [-0.2, 0) is 0 Å². The third-order valence-electron chi connectivity index (χ3n) is 2.41. The van der Waals surface area contributed by atoms with Gasteiger partial charge in [0, 0.05) is 23.2 Å². The van der Waals surface area contributed by atoms with E-state index in [1.54, 1.807) is 0 Å². The van der Waals surface area contributed by atoms with Crippen LogP contribution in [0.3, 0.4) is 0 Å². The lowest BCUT2D eigenvalue weighted by molar-refractivity contribution is 1.50. The molecular weight excluding hydrogens is 182 g/mol. The molecule has 1 nitrogen and oxygen atoms in total. The van der Waals surface area contributed by atoms with Crippen molar-refractivity contribution in [2.24, 2.45) is 0 Å². The summed E-state index contributed by atoms with van der Waals surface area (Å²) in [4.78, 5) is 3.38. The second-order valence-corrected chi connectivity index (χ2v) is 3.22. The molecule has 1 heterocycles. The maximum absolute atomic E-state index is 3.38. The van der Waals surface area contributed by atoms with E-state index in [0.29, 0.717) is 0 Å². The number of aromatic nitrogens is 1. The average Bonchev–Trinajstić information content (AvgIpc) is 2.70. The third kappa shape index (κ3) is 1.61. The summed E-state index contributed by atoms with van der Waals surface area (Å²) in [6.07, 6.45) is 0. The monoisotopic (exact) mass is 199 g/mol. The zero-order valence-electron chi connectivity index (χ0n) is 9.12. The van der Waals surface area contributed by atoms with E-state index in [1.807, 2.05) is 13.8 Å². The van der Waals surface area contributed by atoms with E-state index in [2.05, 4.69) is 53.5 Å². The second-order valence-electron chi connectivity index (χ2n) is 3.22. The Morgan fingerprint density at radius 3 is 1.60 bits per heavy atom. The van der Waals surface area contributed by atoms with Crippen molar-refractivity contribution in [1.82, 2.24) is 4.98 Å². The van der Waals surface area contributed by atoms with Crippen LogP contribution in [0, 0.1) is 0 Å². The molecule has 0 bridgehead atoms. The molecular formula is C14H17N. The Kier molecular flexibility index (Phi) is 2.72. The van der Waals surface area contributed by atoms with Gasteiger partial charge in [0.15, 0.2) is 0 Å². The maximum Gasteiger partial charge on any atom is 0.0464 e. The van der Waals surface area contributed by atoms with Crippen LogP contribution in [-0.4, -0.2) is 4.98 Å². The van der Waals surface area contributed by atoms with E-state index in [-0.39, 0.29) is 1.43 Å². The van der Waals surface area contributed by atoms with Gasteiger partial charge in [-0.25, -0.2) is 0 Å². The van der Waals surface area contributed by atoms with E-state index in [1.165, 1.54) is 21.8 Å². The van der Waals surface area contributed by atoms with Crippen molar-refractivity contribution in [3.05, 3.63) is 48.5 Å². The molecule has 0 saturated carbocycles. The minimum absolute atomic E-state index is 0. The summed E-state index contributed by atoms with van der Waals surface area (Å²) in [5.74, 6) is 0. The molecule has 0 aliphatic rings. The fraction of sp³-hybridized carbons (Fsp3) is 0.143. The fourth-order valence-electron chi connectivity index (χ4n) is 1.80. The summed E-state index contributed by atoms with van der Waals surface area (Å²) < 4.78 is 0. The van der Waals surface area contributed by atoms with E-state index >= 15 is 0 Å². The van der Waals surface area contributed by atoms with Crippen molar-refractivity contribution in [3.63, 3.8) is 0 Å². The van der Waals surface area contributed by atoms with Gasteiger partial charge in [0.1, 0.15) is 0 Å². The van der Waals surface area contributed by atoms with E-state index < -0.39 is 0 Å².